The highest BCUT2D eigenvalue weighted by Crippen LogP contribution is 2.11. The molecule has 0 unspecified atom stereocenters. The molecule has 0 saturated heterocycles. The second kappa shape index (κ2) is 5.67. The number of rotatable bonds is 4. The van der Waals surface area contributed by atoms with Gasteiger partial charge in [-0.15, -0.1) is 5.01 Å². The summed E-state index contributed by atoms with van der Waals surface area (Å²) in [6.07, 6.45) is 3.19. The highest BCUT2D eigenvalue weighted by atomic mass is 15.5. The fourth-order valence-corrected chi connectivity index (χ4v) is 2.22. The molecule has 2 rings (SSSR count). The Kier molecular flexibility index (Phi) is 3.98. The van der Waals surface area contributed by atoms with Crippen molar-refractivity contribution >= 4 is 5.69 Å². The lowest BCUT2D eigenvalue weighted by Crippen LogP contribution is -2.56. The van der Waals surface area contributed by atoms with Crippen LogP contribution in [0.5, 0.6) is 0 Å². The van der Waals surface area contributed by atoms with Crippen LogP contribution in [0.25, 0.3) is 0 Å². The van der Waals surface area contributed by atoms with E-state index in [1.165, 1.54) is 16.9 Å². The topological polar surface area (TPSA) is 7.12 Å². The summed E-state index contributed by atoms with van der Waals surface area (Å²) in [5, 5.41) is 2.29. The summed E-state index contributed by atoms with van der Waals surface area (Å²) < 4.78 is 2.25. The van der Waals surface area contributed by atoms with E-state index in [-0.39, 0.29) is 0 Å². The lowest BCUT2D eigenvalue weighted by molar-refractivity contribution is -0.691. The normalized spacial score (nSPS) is 10.4. The van der Waals surface area contributed by atoms with Crippen LogP contribution in [0.1, 0.15) is 25.1 Å². The van der Waals surface area contributed by atoms with E-state index in [1.807, 2.05) is 0 Å². The first-order valence-electron chi connectivity index (χ1n) is 6.60. The number of benzene rings is 1. The maximum atomic E-state index is 2.29. The molecule has 18 heavy (non-hydrogen) atoms. The van der Waals surface area contributed by atoms with Crippen molar-refractivity contribution in [3.8, 4) is 0 Å². The molecule has 1 aromatic carbocycles. The van der Waals surface area contributed by atoms with Crippen LogP contribution in [0, 0.1) is 6.92 Å². The molecule has 0 aliphatic carbocycles. The molecule has 0 amide bonds. The van der Waals surface area contributed by atoms with E-state index < -0.39 is 0 Å². The highest BCUT2D eigenvalue weighted by Gasteiger charge is 2.18. The van der Waals surface area contributed by atoms with Gasteiger partial charge >= 0.3 is 0 Å². The van der Waals surface area contributed by atoms with Gasteiger partial charge in [0.25, 0.3) is 0 Å². The van der Waals surface area contributed by atoms with Crippen molar-refractivity contribution in [2.45, 2.75) is 27.2 Å². The summed E-state index contributed by atoms with van der Waals surface area (Å²) in [6.45, 7) is 7.47. The molecule has 0 atom stereocenters. The number of anilines is 1. The standard InChI is InChI=1S/C16H21N2/c1-4-15-13-14(3)11-12-18(15)17(5-2)16-9-7-6-8-10-16/h6-13H,4-5H2,1-3H3/q+1. The predicted molar refractivity (Wildman–Crippen MR) is 75.6 cm³/mol. The third-order valence-electron chi connectivity index (χ3n) is 3.14. The largest absolute Gasteiger partial charge is 0.212 e. The molecule has 1 aromatic heterocycles. The molecule has 0 N–H and O–H groups in total. The van der Waals surface area contributed by atoms with E-state index in [1.54, 1.807) is 0 Å². The van der Waals surface area contributed by atoms with E-state index >= 15 is 0 Å². The van der Waals surface area contributed by atoms with E-state index in [4.69, 9.17) is 0 Å². The lowest BCUT2D eigenvalue weighted by Gasteiger charge is -2.18. The Morgan fingerprint density at radius 3 is 2.39 bits per heavy atom. The number of nitrogens with zero attached hydrogens (tertiary/aromatic N) is 2. The smallest absolute Gasteiger partial charge is 0.149 e. The molecule has 0 aliphatic heterocycles. The molecule has 0 fully saturated rings. The Labute approximate surface area is 109 Å². The summed E-state index contributed by atoms with van der Waals surface area (Å²) >= 11 is 0. The van der Waals surface area contributed by atoms with E-state index in [0.717, 1.165) is 13.0 Å². The van der Waals surface area contributed by atoms with Crippen molar-refractivity contribution in [2.75, 3.05) is 11.6 Å². The van der Waals surface area contributed by atoms with Gasteiger partial charge in [0.2, 0.25) is 11.9 Å². The molecule has 0 spiro atoms. The third-order valence-corrected chi connectivity index (χ3v) is 3.14. The molecule has 0 radical (unpaired) electrons. The van der Waals surface area contributed by atoms with Gasteiger partial charge in [-0.1, -0.05) is 29.8 Å². The lowest BCUT2D eigenvalue weighted by atomic mass is 10.2. The van der Waals surface area contributed by atoms with Gasteiger partial charge in [-0.2, -0.15) is 0 Å². The number of hydrogen-bond donors (Lipinski definition) is 0. The van der Waals surface area contributed by atoms with Gasteiger partial charge in [0.05, 0.1) is 12.2 Å². The highest BCUT2D eigenvalue weighted by molar-refractivity contribution is 5.42. The van der Waals surface area contributed by atoms with Crippen LogP contribution in [-0.4, -0.2) is 6.54 Å². The minimum absolute atomic E-state index is 0.949. The first kappa shape index (κ1) is 12.6. The number of hydrogen-bond acceptors (Lipinski definition) is 1. The predicted octanol–water partition coefficient (Wildman–Crippen LogP) is 3.13. The number of aromatic nitrogens is 1. The fraction of sp³-hybridized carbons (Fsp3) is 0.312. The average Bonchev–Trinajstić information content (AvgIpc) is 2.42. The Hall–Kier alpha value is -1.83. The fourth-order valence-electron chi connectivity index (χ4n) is 2.22. The zero-order valence-corrected chi connectivity index (χ0v) is 11.4. The van der Waals surface area contributed by atoms with Gasteiger partial charge in [-0.25, -0.2) is 0 Å². The van der Waals surface area contributed by atoms with E-state index in [0.29, 0.717) is 0 Å². The Morgan fingerprint density at radius 1 is 1.06 bits per heavy atom. The molecule has 2 aromatic rings. The van der Waals surface area contributed by atoms with Gasteiger partial charge < -0.3 is 0 Å². The maximum absolute atomic E-state index is 2.29. The van der Waals surface area contributed by atoms with E-state index in [9.17, 15) is 0 Å². The summed E-state index contributed by atoms with van der Waals surface area (Å²) in [4.78, 5) is 0. The molecule has 0 saturated carbocycles. The van der Waals surface area contributed by atoms with Gasteiger partial charge in [-0.05, 0) is 31.5 Å². The minimum atomic E-state index is 0.949. The Bertz CT molecular complexity index is 506. The summed E-state index contributed by atoms with van der Waals surface area (Å²) in [5.74, 6) is 0. The van der Waals surface area contributed by atoms with Gasteiger partial charge in [-0.3, -0.25) is 0 Å². The number of aryl methyl sites for hydroxylation is 2. The summed E-state index contributed by atoms with van der Waals surface area (Å²) in [5.41, 5.74) is 3.87. The average molecular weight is 241 g/mol. The Balaban J connectivity index is 2.45. The van der Waals surface area contributed by atoms with Crippen molar-refractivity contribution in [2.24, 2.45) is 0 Å². The molecule has 2 heteroatoms. The molecule has 0 bridgehead atoms. The monoisotopic (exact) mass is 241 g/mol. The van der Waals surface area contributed by atoms with Crippen LogP contribution < -0.4 is 9.69 Å². The molecule has 2 nitrogen and oxygen atoms in total. The quantitative estimate of drug-likeness (QED) is 0.746. The molecule has 1 heterocycles. The zero-order valence-electron chi connectivity index (χ0n) is 11.4. The zero-order chi connectivity index (χ0) is 13.0. The number of pyridine rings is 1. The minimum Gasteiger partial charge on any atom is -0.149 e. The van der Waals surface area contributed by atoms with Crippen LogP contribution in [0.3, 0.4) is 0 Å². The van der Waals surface area contributed by atoms with Crippen LogP contribution in [0.2, 0.25) is 0 Å². The Morgan fingerprint density at radius 2 is 1.78 bits per heavy atom. The second-order valence-electron chi connectivity index (χ2n) is 4.44. The van der Waals surface area contributed by atoms with Crippen LogP contribution >= 0.6 is 0 Å². The van der Waals surface area contributed by atoms with Crippen molar-refractivity contribution in [1.82, 2.24) is 0 Å². The third kappa shape index (κ3) is 2.53. The van der Waals surface area contributed by atoms with Crippen molar-refractivity contribution in [1.29, 1.82) is 0 Å². The van der Waals surface area contributed by atoms with Crippen molar-refractivity contribution in [3.05, 3.63) is 59.9 Å². The summed E-state index contributed by atoms with van der Waals surface area (Å²) in [7, 11) is 0. The van der Waals surface area contributed by atoms with Gasteiger partial charge in [0.1, 0.15) is 0 Å². The van der Waals surface area contributed by atoms with Crippen LogP contribution in [0.4, 0.5) is 5.69 Å². The van der Waals surface area contributed by atoms with E-state index in [2.05, 4.69) is 79.1 Å². The van der Waals surface area contributed by atoms with Gasteiger partial charge in [0, 0.05) is 18.6 Å². The molecular weight excluding hydrogens is 220 g/mol. The van der Waals surface area contributed by atoms with Crippen molar-refractivity contribution in [3.63, 3.8) is 0 Å². The first-order valence-corrected chi connectivity index (χ1v) is 6.60. The maximum Gasteiger partial charge on any atom is 0.212 e. The molecule has 0 aliphatic rings. The van der Waals surface area contributed by atoms with Gasteiger partial charge in [0.15, 0.2) is 0 Å². The van der Waals surface area contributed by atoms with Crippen LogP contribution in [-0.2, 0) is 6.42 Å². The van der Waals surface area contributed by atoms with Crippen molar-refractivity contribution < 1.29 is 4.68 Å². The van der Waals surface area contributed by atoms with Crippen LogP contribution in [0.15, 0.2) is 48.7 Å². The molecular formula is C16H21N2+. The first-order chi connectivity index (χ1) is 8.76. The summed E-state index contributed by atoms with van der Waals surface area (Å²) in [6, 6.07) is 14.9. The SMILES string of the molecule is CCc1cc(C)cc[n+]1N(CC)c1ccccc1. The molecule has 94 valence electrons. The second-order valence-corrected chi connectivity index (χ2v) is 4.44. The number of para-hydroxylation sites is 1.